The number of thiophene rings is 1. The van der Waals surface area contributed by atoms with Gasteiger partial charge in [-0.25, -0.2) is 9.59 Å². The van der Waals surface area contributed by atoms with Gasteiger partial charge in [-0.3, -0.25) is 4.90 Å². The first-order valence-electron chi connectivity index (χ1n) is 6.96. The summed E-state index contributed by atoms with van der Waals surface area (Å²) >= 11 is 1.47. The lowest BCUT2D eigenvalue weighted by atomic mass is 10.1. The molecule has 5 nitrogen and oxygen atoms in total. The van der Waals surface area contributed by atoms with Crippen molar-refractivity contribution in [3.05, 3.63) is 52.2 Å². The predicted molar refractivity (Wildman–Crippen MR) is 85.1 cm³/mol. The first-order valence-corrected chi connectivity index (χ1v) is 7.91. The minimum atomic E-state index is -0.781. The largest absolute Gasteiger partial charge is 0.467 e. The summed E-state index contributed by atoms with van der Waals surface area (Å²) in [4.78, 5) is 26.2. The number of esters is 1. The average molecular weight is 316 g/mol. The summed E-state index contributed by atoms with van der Waals surface area (Å²) in [6, 6.07) is 8.54. The molecule has 6 heteroatoms. The van der Waals surface area contributed by atoms with Crippen molar-refractivity contribution in [2.75, 3.05) is 18.6 Å². The minimum absolute atomic E-state index is 0.286. The van der Waals surface area contributed by atoms with Gasteiger partial charge in [0.15, 0.2) is 6.04 Å². The monoisotopic (exact) mass is 316 g/mol. The van der Waals surface area contributed by atoms with E-state index in [1.165, 1.54) is 18.4 Å². The predicted octanol–water partition coefficient (Wildman–Crippen LogP) is 2.73. The summed E-state index contributed by atoms with van der Waals surface area (Å²) in [6.07, 6.45) is 0.824. The molecule has 114 valence electrons. The lowest BCUT2D eigenvalue weighted by molar-refractivity contribution is -0.143. The molecular formula is C16H16N2O3S. The number of amides is 2. The van der Waals surface area contributed by atoms with Crippen LogP contribution in [0.1, 0.15) is 17.2 Å². The van der Waals surface area contributed by atoms with Crippen LogP contribution in [0.25, 0.3) is 0 Å². The maximum absolute atomic E-state index is 12.5. The fourth-order valence-corrected chi connectivity index (χ4v) is 3.27. The van der Waals surface area contributed by atoms with Crippen LogP contribution < -0.4 is 10.2 Å². The van der Waals surface area contributed by atoms with E-state index in [1.807, 2.05) is 41.1 Å². The average Bonchev–Trinajstić information content (AvgIpc) is 3.20. The molecule has 1 aromatic heterocycles. The van der Waals surface area contributed by atoms with Crippen LogP contribution in [0.5, 0.6) is 0 Å². The van der Waals surface area contributed by atoms with Gasteiger partial charge in [0, 0.05) is 12.2 Å². The molecule has 0 spiro atoms. The maximum atomic E-state index is 12.5. The summed E-state index contributed by atoms with van der Waals surface area (Å²) in [5.41, 5.74) is 2.77. The Morgan fingerprint density at radius 1 is 1.32 bits per heavy atom. The van der Waals surface area contributed by atoms with Crippen molar-refractivity contribution in [1.82, 2.24) is 5.32 Å². The molecule has 0 saturated heterocycles. The van der Waals surface area contributed by atoms with Gasteiger partial charge in [0.2, 0.25) is 0 Å². The van der Waals surface area contributed by atoms with Gasteiger partial charge in [-0.2, -0.15) is 11.3 Å². The van der Waals surface area contributed by atoms with Crippen molar-refractivity contribution in [3.63, 3.8) is 0 Å². The molecule has 3 rings (SSSR count). The number of methoxy groups -OCH3 is 1. The second-order valence-electron chi connectivity index (χ2n) is 4.99. The van der Waals surface area contributed by atoms with Gasteiger partial charge in [-0.15, -0.1) is 0 Å². The second kappa shape index (κ2) is 6.19. The summed E-state index contributed by atoms with van der Waals surface area (Å²) in [5.74, 6) is -0.473. The number of urea groups is 1. The Hall–Kier alpha value is -2.34. The highest BCUT2D eigenvalue weighted by atomic mass is 32.1. The summed E-state index contributed by atoms with van der Waals surface area (Å²) in [7, 11) is 1.32. The number of hydrogen-bond acceptors (Lipinski definition) is 4. The number of nitrogens with one attached hydrogen (secondary N) is 1. The van der Waals surface area contributed by atoms with Crippen LogP contribution in [0.2, 0.25) is 0 Å². The maximum Gasteiger partial charge on any atom is 0.333 e. The zero-order valence-electron chi connectivity index (χ0n) is 12.1. The van der Waals surface area contributed by atoms with E-state index in [-0.39, 0.29) is 6.03 Å². The van der Waals surface area contributed by atoms with Crippen LogP contribution in [0.3, 0.4) is 0 Å². The molecular weight excluding hydrogens is 300 g/mol. The number of para-hydroxylation sites is 1. The Morgan fingerprint density at radius 2 is 2.14 bits per heavy atom. The lowest BCUT2D eigenvalue weighted by Gasteiger charge is -2.22. The van der Waals surface area contributed by atoms with Crippen LogP contribution in [0.15, 0.2) is 41.1 Å². The van der Waals surface area contributed by atoms with Crippen LogP contribution in [-0.2, 0) is 16.0 Å². The van der Waals surface area contributed by atoms with E-state index in [9.17, 15) is 9.59 Å². The Bertz CT molecular complexity index is 684. The smallest absolute Gasteiger partial charge is 0.333 e. The van der Waals surface area contributed by atoms with Gasteiger partial charge in [0.1, 0.15) is 0 Å². The van der Waals surface area contributed by atoms with Gasteiger partial charge < -0.3 is 10.1 Å². The van der Waals surface area contributed by atoms with E-state index in [0.29, 0.717) is 6.54 Å². The normalized spacial score (nSPS) is 14.3. The molecule has 22 heavy (non-hydrogen) atoms. The Labute approximate surface area is 132 Å². The molecule has 0 saturated carbocycles. The second-order valence-corrected chi connectivity index (χ2v) is 5.77. The number of nitrogens with zero attached hydrogens (tertiary/aromatic N) is 1. The highest BCUT2D eigenvalue weighted by molar-refractivity contribution is 7.08. The van der Waals surface area contributed by atoms with Gasteiger partial charge in [-0.1, -0.05) is 18.2 Å². The molecule has 2 amide bonds. The number of fused-ring (bicyclic) bond motifs is 1. The molecule has 0 fully saturated rings. The van der Waals surface area contributed by atoms with E-state index in [1.54, 1.807) is 4.90 Å². The third kappa shape index (κ3) is 2.69. The Morgan fingerprint density at radius 3 is 2.86 bits per heavy atom. The molecule has 1 atom stereocenters. The van der Waals surface area contributed by atoms with Crippen molar-refractivity contribution in [2.45, 2.75) is 12.5 Å². The van der Waals surface area contributed by atoms with E-state index in [2.05, 4.69) is 5.32 Å². The zero-order chi connectivity index (χ0) is 15.5. The molecule has 0 radical (unpaired) electrons. The van der Waals surface area contributed by atoms with Gasteiger partial charge >= 0.3 is 12.0 Å². The highest BCUT2D eigenvalue weighted by Gasteiger charge is 2.29. The quantitative estimate of drug-likeness (QED) is 0.886. The number of ether oxygens (including phenoxy) is 1. The molecule has 1 N–H and O–H groups in total. The van der Waals surface area contributed by atoms with E-state index >= 15 is 0 Å². The van der Waals surface area contributed by atoms with Crippen molar-refractivity contribution >= 4 is 29.0 Å². The number of carbonyl (C=O) groups is 2. The lowest BCUT2D eigenvalue weighted by Crippen LogP contribution is -2.43. The Balaban J connectivity index is 1.79. The molecule has 2 heterocycles. The highest BCUT2D eigenvalue weighted by Crippen LogP contribution is 2.28. The minimum Gasteiger partial charge on any atom is -0.467 e. The van der Waals surface area contributed by atoms with Crippen LogP contribution in [-0.4, -0.2) is 25.7 Å². The van der Waals surface area contributed by atoms with Gasteiger partial charge in [0.05, 0.1) is 7.11 Å². The summed E-state index contributed by atoms with van der Waals surface area (Å²) in [6.45, 7) is 0.614. The summed E-state index contributed by atoms with van der Waals surface area (Å²) in [5, 5.41) is 6.47. The number of hydrogen-bond donors (Lipinski definition) is 1. The van der Waals surface area contributed by atoms with Crippen LogP contribution >= 0.6 is 11.3 Å². The van der Waals surface area contributed by atoms with Crippen molar-refractivity contribution in [3.8, 4) is 0 Å². The summed E-state index contributed by atoms with van der Waals surface area (Å²) < 4.78 is 4.80. The third-order valence-electron chi connectivity index (χ3n) is 3.71. The molecule has 0 bridgehead atoms. The van der Waals surface area contributed by atoms with E-state index in [0.717, 1.165) is 23.2 Å². The van der Waals surface area contributed by atoms with Crippen molar-refractivity contribution < 1.29 is 14.3 Å². The van der Waals surface area contributed by atoms with Crippen molar-refractivity contribution in [2.24, 2.45) is 0 Å². The topological polar surface area (TPSA) is 58.6 Å². The molecule has 1 aromatic carbocycles. The molecule has 2 aromatic rings. The van der Waals surface area contributed by atoms with Crippen molar-refractivity contribution in [1.29, 1.82) is 0 Å². The first kappa shape index (κ1) is 14.6. The zero-order valence-corrected chi connectivity index (χ0v) is 12.9. The van der Waals surface area contributed by atoms with E-state index < -0.39 is 12.0 Å². The SMILES string of the molecule is COC(=O)C(NC(=O)N1CCc2ccccc21)c1ccsc1. The number of benzene rings is 1. The molecule has 1 unspecified atom stereocenters. The Kier molecular flexibility index (Phi) is 4.11. The fraction of sp³-hybridized carbons (Fsp3) is 0.250. The van der Waals surface area contributed by atoms with E-state index in [4.69, 9.17) is 4.74 Å². The number of carbonyl (C=O) groups excluding carboxylic acids is 2. The van der Waals surface area contributed by atoms with Gasteiger partial charge in [0.25, 0.3) is 0 Å². The third-order valence-corrected chi connectivity index (χ3v) is 4.41. The number of anilines is 1. The van der Waals surface area contributed by atoms with Crippen LogP contribution in [0.4, 0.5) is 10.5 Å². The first-order chi connectivity index (χ1) is 10.7. The number of rotatable bonds is 3. The van der Waals surface area contributed by atoms with Gasteiger partial charge in [-0.05, 0) is 40.4 Å². The molecule has 0 aliphatic carbocycles. The molecule has 1 aliphatic rings. The standard InChI is InChI=1S/C16H16N2O3S/c1-21-15(19)14(12-7-9-22-10-12)17-16(20)18-8-6-11-4-2-3-5-13(11)18/h2-5,7,9-10,14H,6,8H2,1H3,(H,17,20). The molecule has 1 aliphatic heterocycles. The fourth-order valence-electron chi connectivity index (χ4n) is 2.59. The van der Waals surface area contributed by atoms with Crippen LogP contribution in [0, 0.1) is 0 Å².